The molecule has 0 aliphatic heterocycles. The smallest absolute Gasteiger partial charge is 0.0420 e. The minimum absolute atomic E-state index is 0.790. The summed E-state index contributed by atoms with van der Waals surface area (Å²) in [5, 5.41) is 0. The van der Waals surface area contributed by atoms with Crippen molar-refractivity contribution in [2.24, 2.45) is 15.9 Å². The second-order valence-electron chi connectivity index (χ2n) is 4.87. The molecule has 2 aliphatic carbocycles. The summed E-state index contributed by atoms with van der Waals surface area (Å²) < 4.78 is 0. The van der Waals surface area contributed by atoms with Crippen molar-refractivity contribution in [2.45, 2.75) is 51.4 Å². The molecular formula is C13H22N2. The van der Waals surface area contributed by atoms with Crippen molar-refractivity contribution >= 4 is 11.4 Å². The molecule has 2 rings (SSSR count). The van der Waals surface area contributed by atoms with E-state index in [4.69, 9.17) is 4.99 Å². The molecule has 0 amide bonds. The van der Waals surface area contributed by atoms with Crippen LogP contribution in [0.15, 0.2) is 9.98 Å². The Morgan fingerprint density at radius 3 is 2.53 bits per heavy atom. The number of aliphatic imine (C=N–C) groups is 2. The van der Waals surface area contributed by atoms with Gasteiger partial charge < -0.3 is 0 Å². The highest BCUT2D eigenvalue weighted by Gasteiger charge is 2.19. The van der Waals surface area contributed by atoms with Crippen molar-refractivity contribution < 1.29 is 0 Å². The van der Waals surface area contributed by atoms with Crippen LogP contribution in [0.25, 0.3) is 0 Å². The zero-order valence-electron chi connectivity index (χ0n) is 9.84. The molecule has 2 nitrogen and oxygen atoms in total. The highest BCUT2D eigenvalue weighted by molar-refractivity contribution is 5.87. The Morgan fingerprint density at radius 2 is 1.87 bits per heavy atom. The van der Waals surface area contributed by atoms with Gasteiger partial charge in [-0.3, -0.25) is 9.98 Å². The van der Waals surface area contributed by atoms with E-state index in [0.29, 0.717) is 0 Å². The first-order chi connectivity index (χ1) is 7.38. The second kappa shape index (κ2) is 5.43. The van der Waals surface area contributed by atoms with Crippen LogP contribution in [-0.4, -0.2) is 25.0 Å². The van der Waals surface area contributed by atoms with Crippen molar-refractivity contribution in [1.29, 1.82) is 0 Å². The molecule has 0 aromatic rings. The van der Waals surface area contributed by atoms with E-state index in [1.807, 2.05) is 7.05 Å². The molecule has 0 heterocycles. The lowest BCUT2D eigenvalue weighted by molar-refractivity contribution is 0.567. The summed E-state index contributed by atoms with van der Waals surface area (Å²) in [7, 11) is 1.92. The molecule has 2 aliphatic rings. The van der Waals surface area contributed by atoms with E-state index in [-0.39, 0.29) is 0 Å². The molecule has 0 aromatic carbocycles. The molecule has 0 N–H and O–H groups in total. The van der Waals surface area contributed by atoms with Gasteiger partial charge in [-0.05, 0) is 50.9 Å². The average molecular weight is 206 g/mol. The van der Waals surface area contributed by atoms with Crippen LogP contribution in [0.1, 0.15) is 51.4 Å². The van der Waals surface area contributed by atoms with Crippen LogP contribution in [0, 0.1) is 5.92 Å². The number of nitrogens with zero attached hydrogens (tertiary/aromatic N) is 2. The van der Waals surface area contributed by atoms with Crippen LogP contribution in [-0.2, 0) is 0 Å². The van der Waals surface area contributed by atoms with Gasteiger partial charge in [-0.2, -0.15) is 0 Å². The van der Waals surface area contributed by atoms with E-state index in [1.54, 1.807) is 0 Å². The van der Waals surface area contributed by atoms with E-state index in [1.165, 1.54) is 62.8 Å². The Labute approximate surface area is 92.9 Å². The Kier molecular flexibility index (Phi) is 3.93. The number of hydrogen-bond donors (Lipinski definition) is 0. The molecule has 0 bridgehead atoms. The van der Waals surface area contributed by atoms with Crippen LogP contribution in [0.4, 0.5) is 0 Å². The lowest BCUT2D eigenvalue weighted by Crippen LogP contribution is -2.08. The van der Waals surface area contributed by atoms with E-state index in [9.17, 15) is 0 Å². The number of rotatable bonds is 2. The van der Waals surface area contributed by atoms with Crippen molar-refractivity contribution in [3.63, 3.8) is 0 Å². The predicted octanol–water partition coefficient (Wildman–Crippen LogP) is 3.26. The zero-order valence-corrected chi connectivity index (χ0v) is 9.84. The van der Waals surface area contributed by atoms with Gasteiger partial charge in [0.1, 0.15) is 0 Å². The summed E-state index contributed by atoms with van der Waals surface area (Å²) in [5.41, 5.74) is 2.90. The monoisotopic (exact) mass is 206 g/mol. The molecule has 0 saturated heterocycles. The summed E-state index contributed by atoms with van der Waals surface area (Å²) in [6, 6.07) is 0. The van der Waals surface area contributed by atoms with Crippen molar-refractivity contribution in [2.75, 3.05) is 13.6 Å². The number of hydrogen-bond acceptors (Lipinski definition) is 2. The molecule has 0 aromatic heterocycles. The van der Waals surface area contributed by atoms with Gasteiger partial charge in [-0.1, -0.05) is 6.42 Å². The summed E-state index contributed by atoms with van der Waals surface area (Å²) in [6.45, 7) is 1.06. The lowest BCUT2D eigenvalue weighted by Gasteiger charge is -2.13. The fourth-order valence-corrected chi connectivity index (χ4v) is 2.64. The lowest BCUT2D eigenvalue weighted by atomic mass is 9.98. The molecule has 0 spiro atoms. The largest absolute Gasteiger partial charge is 0.297 e. The van der Waals surface area contributed by atoms with Gasteiger partial charge in [0, 0.05) is 25.0 Å². The van der Waals surface area contributed by atoms with E-state index in [2.05, 4.69) is 4.99 Å². The Hall–Kier alpha value is -0.660. The third kappa shape index (κ3) is 3.15. The minimum atomic E-state index is 0.790. The third-order valence-electron chi connectivity index (χ3n) is 3.69. The van der Waals surface area contributed by atoms with Crippen molar-refractivity contribution in [3.8, 4) is 0 Å². The van der Waals surface area contributed by atoms with Crippen LogP contribution >= 0.6 is 0 Å². The van der Waals surface area contributed by atoms with E-state index in [0.717, 1.165) is 12.5 Å². The maximum absolute atomic E-state index is 4.80. The standard InChI is InChI=1S/C13H22N2/c1-14-13-8-7-11(9-13)10-15-12-5-3-2-4-6-12/h11H,2-10H2,1H3/b14-13+. The van der Waals surface area contributed by atoms with Crippen molar-refractivity contribution in [1.82, 2.24) is 0 Å². The fraction of sp³-hybridized carbons (Fsp3) is 0.846. The Balaban J connectivity index is 1.77. The highest BCUT2D eigenvalue weighted by Crippen LogP contribution is 2.24. The topological polar surface area (TPSA) is 24.7 Å². The average Bonchev–Trinajstić information content (AvgIpc) is 2.76. The minimum Gasteiger partial charge on any atom is -0.297 e. The molecule has 1 atom stereocenters. The van der Waals surface area contributed by atoms with Gasteiger partial charge in [0.05, 0.1) is 0 Å². The van der Waals surface area contributed by atoms with Crippen LogP contribution < -0.4 is 0 Å². The first kappa shape index (κ1) is 10.8. The summed E-state index contributed by atoms with van der Waals surface area (Å²) in [4.78, 5) is 9.10. The van der Waals surface area contributed by atoms with E-state index < -0.39 is 0 Å². The molecule has 2 fully saturated rings. The Morgan fingerprint density at radius 1 is 1.07 bits per heavy atom. The quantitative estimate of drug-likeness (QED) is 0.662. The van der Waals surface area contributed by atoms with Crippen molar-refractivity contribution in [3.05, 3.63) is 0 Å². The molecule has 2 heteroatoms. The van der Waals surface area contributed by atoms with Crippen LogP contribution in [0.5, 0.6) is 0 Å². The van der Waals surface area contributed by atoms with Gasteiger partial charge in [-0.25, -0.2) is 0 Å². The second-order valence-corrected chi connectivity index (χ2v) is 4.87. The van der Waals surface area contributed by atoms with Gasteiger partial charge in [0.2, 0.25) is 0 Å². The Bertz CT molecular complexity index is 258. The van der Waals surface area contributed by atoms with Gasteiger partial charge in [0.15, 0.2) is 0 Å². The fourth-order valence-electron chi connectivity index (χ4n) is 2.64. The summed E-state index contributed by atoms with van der Waals surface area (Å²) in [5.74, 6) is 0.790. The maximum Gasteiger partial charge on any atom is 0.0420 e. The molecular weight excluding hydrogens is 184 g/mol. The third-order valence-corrected chi connectivity index (χ3v) is 3.69. The van der Waals surface area contributed by atoms with E-state index >= 15 is 0 Å². The van der Waals surface area contributed by atoms with Gasteiger partial charge in [0.25, 0.3) is 0 Å². The predicted molar refractivity (Wildman–Crippen MR) is 66.1 cm³/mol. The first-order valence-corrected chi connectivity index (χ1v) is 6.35. The first-order valence-electron chi connectivity index (χ1n) is 6.35. The summed E-state index contributed by atoms with van der Waals surface area (Å²) >= 11 is 0. The SMILES string of the molecule is C/N=C1\CCC(CN=C2CCCCC2)C1. The van der Waals surface area contributed by atoms with Crippen LogP contribution in [0.3, 0.4) is 0 Å². The molecule has 15 heavy (non-hydrogen) atoms. The molecule has 2 saturated carbocycles. The van der Waals surface area contributed by atoms with Gasteiger partial charge >= 0.3 is 0 Å². The molecule has 84 valence electrons. The van der Waals surface area contributed by atoms with Gasteiger partial charge in [-0.15, -0.1) is 0 Å². The van der Waals surface area contributed by atoms with Crippen LogP contribution in [0.2, 0.25) is 0 Å². The summed E-state index contributed by atoms with van der Waals surface area (Å²) in [6.07, 6.45) is 10.4. The molecule has 0 radical (unpaired) electrons. The molecule has 1 unspecified atom stereocenters. The highest BCUT2D eigenvalue weighted by atomic mass is 14.8. The maximum atomic E-state index is 4.80. The zero-order chi connectivity index (χ0) is 10.5. The normalized spacial score (nSPS) is 29.8.